The first kappa shape index (κ1) is 14.0. The van der Waals surface area contributed by atoms with Crippen LogP contribution >= 0.6 is 0 Å². The molecule has 0 amide bonds. The number of hydrogen-bond acceptors (Lipinski definition) is 2. The van der Waals surface area contributed by atoms with E-state index < -0.39 is 5.60 Å². The summed E-state index contributed by atoms with van der Waals surface area (Å²) in [6.07, 6.45) is 6.57. The van der Waals surface area contributed by atoms with E-state index in [1.807, 2.05) is 0 Å². The Labute approximate surface area is 100 Å². The molecule has 1 atom stereocenters. The molecule has 0 aliphatic heterocycles. The number of aliphatic hydroxyl groups is 1. The molecule has 1 aliphatic rings. The minimum Gasteiger partial charge on any atom is -0.388 e. The maximum atomic E-state index is 9.51. The van der Waals surface area contributed by atoms with E-state index in [9.17, 15) is 5.11 Å². The summed E-state index contributed by atoms with van der Waals surface area (Å²) in [7, 11) is 0. The summed E-state index contributed by atoms with van der Waals surface area (Å²) in [6.45, 7) is 9.56. The summed E-state index contributed by atoms with van der Waals surface area (Å²) < 4.78 is 5.52. The molecule has 0 aromatic heterocycles. The van der Waals surface area contributed by atoms with Crippen molar-refractivity contribution in [1.29, 1.82) is 0 Å². The van der Waals surface area contributed by atoms with E-state index in [1.165, 1.54) is 25.7 Å². The van der Waals surface area contributed by atoms with Crippen LogP contribution < -0.4 is 0 Å². The smallest absolute Gasteiger partial charge is 0.0824 e. The van der Waals surface area contributed by atoms with Crippen molar-refractivity contribution in [3.05, 3.63) is 0 Å². The van der Waals surface area contributed by atoms with Crippen molar-refractivity contribution in [3.8, 4) is 0 Å². The molecule has 0 saturated heterocycles. The summed E-state index contributed by atoms with van der Waals surface area (Å²) in [5.41, 5.74) is -0.162. The van der Waals surface area contributed by atoms with Gasteiger partial charge in [0.05, 0.1) is 12.2 Å². The monoisotopic (exact) mass is 228 g/mol. The fraction of sp³-hybridized carbons (Fsp3) is 1.00. The van der Waals surface area contributed by atoms with Crippen molar-refractivity contribution < 1.29 is 9.84 Å². The molecule has 0 heterocycles. The number of ether oxygens (including phenoxy) is 1. The third-order valence-corrected chi connectivity index (χ3v) is 3.43. The fourth-order valence-corrected chi connectivity index (χ4v) is 2.67. The van der Waals surface area contributed by atoms with Gasteiger partial charge < -0.3 is 9.84 Å². The fourth-order valence-electron chi connectivity index (χ4n) is 2.67. The normalized spacial score (nSPS) is 25.7. The first-order valence-electron chi connectivity index (χ1n) is 6.59. The topological polar surface area (TPSA) is 29.5 Å². The minimum atomic E-state index is -0.689. The van der Waals surface area contributed by atoms with Gasteiger partial charge in [0.2, 0.25) is 0 Å². The predicted octanol–water partition coefficient (Wildman–Crippen LogP) is 3.38. The van der Waals surface area contributed by atoms with Crippen LogP contribution in [0.4, 0.5) is 0 Å². The molecule has 0 aromatic carbocycles. The van der Waals surface area contributed by atoms with Crippen LogP contribution in [0.2, 0.25) is 0 Å². The third-order valence-electron chi connectivity index (χ3n) is 3.43. The summed E-state index contributed by atoms with van der Waals surface area (Å²) in [4.78, 5) is 0. The second kappa shape index (κ2) is 5.50. The highest BCUT2D eigenvalue weighted by Gasteiger charge is 2.27. The molecule has 1 unspecified atom stereocenters. The number of rotatable bonds is 5. The van der Waals surface area contributed by atoms with Crippen LogP contribution in [0.25, 0.3) is 0 Å². The Morgan fingerprint density at radius 1 is 1.38 bits per heavy atom. The van der Waals surface area contributed by atoms with Gasteiger partial charge in [0, 0.05) is 6.61 Å². The SMILES string of the molecule is CC(C)(O)COCCC1CCCC(C)(C)C1. The van der Waals surface area contributed by atoms with Gasteiger partial charge in [-0.2, -0.15) is 0 Å². The van der Waals surface area contributed by atoms with E-state index in [1.54, 1.807) is 13.8 Å². The summed E-state index contributed by atoms with van der Waals surface area (Å²) in [6, 6.07) is 0. The molecule has 0 bridgehead atoms. The van der Waals surface area contributed by atoms with Crippen LogP contribution in [-0.2, 0) is 4.74 Å². The summed E-state index contributed by atoms with van der Waals surface area (Å²) in [5, 5.41) is 9.51. The Bertz CT molecular complexity index is 203. The Hall–Kier alpha value is -0.0800. The maximum Gasteiger partial charge on any atom is 0.0824 e. The predicted molar refractivity (Wildman–Crippen MR) is 67.5 cm³/mol. The largest absolute Gasteiger partial charge is 0.388 e. The average molecular weight is 228 g/mol. The van der Waals surface area contributed by atoms with Gasteiger partial charge in [0.25, 0.3) is 0 Å². The van der Waals surface area contributed by atoms with Crippen LogP contribution in [0.15, 0.2) is 0 Å². The van der Waals surface area contributed by atoms with Gasteiger partial charge in [-0.3, -0.25) is 0 Å². The van der Waals surface area contributed by atoms with Gasteiger partial charge >= 0.3 is 0 Å². The van der Waals surface area contributed by atoms with Crippen molar-refractivity contribution in [2.24, 2.45) is 11.3 Å². The molecule has 0 radical (unpaired) electrons. The van der Waals surface area contributed by atoms with Gasteiger partial charge in [-0.25, -0.2) is 0 Å². The molecule has 1 saturated carbocycles. The lowest BCUT2D eigenvalue weighted by molar-refractivity contribution is -0.0260. The van der Waals surface area contributed by atoms with E-state index in [4.69, 9.17) is 4.74 Å². The van der Waals surface area contributed by atoms with Gasteiger partial charge in [-0.15, -0.1) is 0 Å². The summed E-state index contributed by atoms with van der Waals surface area (Å²) >= 11 is 0. The van der Waals surface area contributed by atoms with Crippen LogP contribution in [0.1, 0.15) is 59.8 Å². The number of hydrogen-bond donors (Lipinski definition) is 1. The Balaban J connectivity index is 2.13. The van der Waals surface area contributed by atoms with E-state index in [-0.39, 0.29) is 0 Å². The van der Waals surface area contributed by atoms with Crippen LogP contribution in [0.3, 0.4) is 0 Å². The minimum absolute atomic E-state index is 0.448. The highest BCUT2D eigenvalue weighted by Crippen LogP contribution is 2.39. The quantitative estimate of drug-likeness (QED) is 0.731. The molecular formula is C14H28O2. The molecule has 2 heteroatoms. The zero-order valence-corrected chi connectivity index (χ0v) is 11.4. The Kier molecular flexibility index (Phi) is 4.81. The van der Waals surface area contributed by atoms with Crippen molar-refractivity contribution in [3.63, 3.8) is 0 Å². The Morgan fingerprint density at radius 2 is 2.06 bits per heavy atom. The Morgan fingerprint density at radius 3 is 2.62 bits per heavy atom. The molecule has 1 N–H and O–H groups in total. The van der Waals surface area contributed by atoms with Gasteiger partial charge in [-0.1, -0.05) is 26.7 Å². The first-order valence-corrected chi connectivity index (χ1v) is 6.59. The lowest BCUT2D eigenvalue weighted by Crippen LogP contribution is -2.27. The van der Waals surface area contributed by atoms with Crippen LogP contribution in [0, 0.1) is 11.3 Å². The first-order chi connectivity index (χ1) is 7.29. The van der Waals surface area contributed by atoms with Gasteiger partial charge in [-0.05, 0) is 44.4 Å². The summed E-state index contributed by atoms with van der Waals surface area (Å²) in [5.74, 6) is 0.825. The lowest BCUT2D eigenvalue weighted by atomic mass is 9.71. The lowest BCUT2D eigenvalue weighted by Gasteiger charge is -2.35. The van der Waals surface area contributed by atoms with E-state index in [0.717, 1.165) is 18.9 Å². The molecule has 1 fully saturated rings. The second-order valence-corrected chi connectivity index (χ2v) is 6.78. The molecular weight excluding hydrogens is 200 g/mol. The molecule has 0 aromatic rings. The standard InChI is InChI=1S/C14H28O2/c1-13(2)8-5-6-12(10-13)7-9-16-11-14(3,4)15/h12,15H,5-11H2,1-4H3. The van der Waals surface area contributed by atoms with Crippen LogP contribution in [-0.4, -0.2) is 23.9 Å². The molecule has 16 heavy (non-hydrogen) atoms. The van der Waals surface area contributed by atoms with E-state index >= 15 is 0 Å². The van der Waals surface area contributed by atoms with E-state index in [0.29, 0.717) is 12.0 Å². The zero-order chi connectivity index (χ0) is 12.2. The van der Waals surface area contributed by atoms with Gasteiger partial charge in [0.1, 0.15) is 0 Å². The molecule has 1 rings (SSSR count). The maximum absolute atomic E-state index is 9.51. The van der Waals surface area contributed by atoms with Gasteiger partial charge in [0.15, 0.2) is 0 Å². The highest BCUT2D eigenvalue weighted by molar-refractivity contribution is 4.79. The van der Waals surface area contributed by atoms with E-state index in [2.05, 4.69) is 13.8 Å². The molecule has 1 aliphatic carbocycles. The van der Waals surface area contributed by atoms with Crippen molar-refractivity contribution in [1.82, 2.24) is 0 Å². The molecule has 0 spiro atoms. The molecule has 96 valence electrons. The average Bonchev–Trinajstić information content (AvgIpc) is 2.09. The van der Waals surface area contributed by atoms with Crippen molar-refractivity contribution in [2.45, 2.75) is 65.4 Å². The second-order valence-electron chi connectivity index (χ2n) is 6.78. The zero-order valence-electron chi connectivity index (χ0n) is 11.4. The molecule has 2 nitrogen and oxygen atoms in total. The van der Waals surface area contributed by atoms with Crippen LogP contribution in [0.5, 0.6) is 0 Å². The van der Waals surface area contributed by atoms with Crippen molar-refractivity contribution >= 4 is 0 Å². The third kappa shape index (κ3) is 5.86. The highest BCUT2D eigenvalue weighted by atomic mass is 16.5. The van der Waals surface area contributed by atoms with Crippen molar-refractivity contribution in [2.75, 3.05) is 13.2 Å².